The van der Waals surface area contributed by atoms with Gasteiger partial charge < -0.3 is 5.11 Å². The van der Waals surface area contributed by atoms with E-state index in [9.17, 15) is 0 Å². The topological polar surface area (TPSA) is 33.1 Å². The highest BCUT2D eigenvalue weighted by Gasteiger charge is 1.87. The van der Waals surface area contributed by atoms with Gasteiger partial charge in [-0.1, -0.05) is 5.92 Å². The molecule has 1 atom stereocenters. The van der Waals surface area contributed by atoms with Crippen LogP contribution in [0.1, 0.15) is 11.9 Å². The summed E-state index contributed by atoms with van der Waals surface area (Å²) in [6, 6.07) is 0. The van der Waals surface area contributed by atoms with Crippen LogP contribution in [0.5, 0.6) is 0 Å². The van der Waals surface area contributed by atoms with E-state index in [-0.39, 0.29) is 0 Å². The van der Waals surface area contributed by atoms with Gasteiger partial charge in [0, 0.05) is 11.6 Å². The van der Waals surface area contributed by atoms with Crippen molar-refractivity contribution in [2.75, 3.05) is 0 Å². The molecular formula is C7H7NOS. The maximum Gasteiger partial charge on any atom is 0.166 e. The van der Waals surface area contributed by atoms with Crippen LogP contribution in [0.3, 0.4) is 0 Å². The van der Waals surface area contributed by atoms with Crippen LogP contribution in [0.15, 0.2) is 11.6 Å². The molecule has 10 heavy (non-hydrogen) atoms. The Morgan fingerprint density at radius 2 is 2.60 bits per heavy atom. The van der Waals surface area contributed by atoms with Crippen molar-refractivity contribution in [3.63, 3.8) is 0 Å². The van der Waals surface area contributed by atoms with E-state index in [1.54, 1.807) is 13.1 Å². The lowest BCUT2D eigenvalue weighted by molar-refractivity contribution is 0.253. The number of rotatable bonds is 0. The molecule has 0 saturated carbocycles. The quantitative estimate of drug-likeness (QED) is 0.561. The van der Waals surface area contributed by atoms with E-state index >= 15 is 0 Å². The smallest absolute Gasteiger partial charge is 0.166 e. The molecule has 0 radical (unpaired) electrons. The normalized spacial score (nSPS) is 11.8. The van der Waals surface area contributed by atoms with Crippen molar-refractivity contribution in [3.05, 3.63) is 16.6 Å². The maximum absolute atomic E-state index is 8.75. The minimum Gasteiger partial charge on any atom is -0.381 e. The predicted octanol–water partition coefficient (Wildman–Crippen LogP) is 0.875. The first-order valence-electron chi connectivity index (χ1n) is 2.88. The van der Waals surface area contributed by atoms with Gasteiger partial charge >= 0.3 is 0 Å². The monoisotopic (exact) mass is 153 g/mol. The number of hydrogen-bond acceptors (Lipinski definition) is 3. The van der Waals surface area contributed by atoms with Gasteiger partial charge in [0.2, 0.25) is 0 Å². The summed E-state index contributed by atoms with van der Waals surface area (Å²) < 4.78 is 0. The number of aromatic nitrogens is 1. The molecule has 52 valence electrons. The van der Waals surface area contributed by atoms with Gasteiger partial charge in [0.15, 0.2) is 5.01 Å². The highest BCUT2D eigenvalue weighted by atomic mass is 32.1. The fraction of sp³-hybridized carbons (Fsp3) is 0.286. The molecule has 1 N–H and O–H groups in total. The third kappa shape index (κ3) is 2.18. The molecule has 1 rings (SSSR count). The molecular weight excluding hydrogens is 146 g/mol. The standard InChI is InChI=1S/C7H7NOS/c1-6(9)2-3-7-8-4-5-10-7/h4-6,9H,1H3/t6-/m1/s1. The van der Waals surface area contributed by atoms with Crippen LogP contribution < -0.4 is 0 Å². The van der Waals surface area contributed by atoms with E-state index < -0.39 is 6.10 Å². The van der Waals surface area contributed by atoms with Gasteiger partial charge in [-0.25, -0.2) is 4.98 Å². The number of aliphatic hydroxyl groups is 1. The minimum absolute atomic E-state index is 0.566. The summed E-state index contributed by atoms with van der Waals surface area (Å²) in [7, 11) is 0. The van der Waals surface area contributed by atoms with Gasteiger partial charge in [-0.15, -0.1) is 11.3 Å². The Morgan fingerprint density at radius 1 is 1.80 bits per heavy atom. The molecule has 0 aliphatic heterocycles. The summed E-state index contributed by atoms with van der Waals surface area (Å²) in [5.41, 5.74) is 0. The molecule has 0 amide bonds. The minimum atomic E-state index is -0.566. The molecule has 0 saturated heterocycles. The lowest BCUT2D eigenvalue weighted by Crippen LogP contribution is -1.92. The molecule has 0 bridgehead atoms. The van der Waals surface area contributed by atoms with Crippen LogP contribution in [0.4, 0.5) is 0 Å². The molecule has 2 nitrogen and oxygen atoms in total. The third-order valence-electron chi connectivity index (χ3n) is 0.820. The maximum atomic E-state index is 8.75. The van der Waals surface area contributed by atoms with Crippen molar-refractivity contribution in [1.82, 2.24) is 4.98 Å². The predicted molar refractivity (Wildman–Crippen MR) is 40.7 cm³/mol. The number of thiazole rings is 1. The molecule has 1 heterocycles. The molecule has 3 heteroatoms. The highest BCUT2D eigenvalue weighted by Crippen LogP contribution is 2.00. The average molecular weight is 153 g/mol. The summed E-state index contributed by atoms with van der Waals surface area (Å²) in [5, 5.41) is 11.4. The summed E-state index contributed by atoms with van der Waals surface area (Å²) in [5.74, 6) is 5.33. The molecule has 1 aromatic rings. The van der Waals surface area contributed by atoms with Gasteiger partial charge in [-0.3, -0.25) is 0 Å². The largest absolute Gasteiger partial charge is 0.381 e. The number of nitrogens with zero attached hydrogens (tertiary/aromatic N) is 1. The number of hydrogen-bond donors (Lipinski definition) is 1. The lowest BCUT2D eigenvalue weighted by atomic mass is 10.4. The van der Waals surface area contributed by atoms with E-state index in [4.69, 9.17) is 5.11 Å². The first kappa shape index (κ1) is 7.26. The fourth-order valence-electron chi connectivity index (χ4n) is 0.451. The van der Waals surface area contributed by atoms with Crippen LogP contribution >= 0.6 is 11.3 Å². The summed E-state index contributed by atoms with van der Waals surface area (Å²) in [6.07, 6.45) is 1.13. The Morgan fingerprint density at radius 3 is 3.10 bits per heavy atom. The van der Waals surface area contributed by atoms with Gasteiger partial charge in [-0.2, -0.15) is 0 Å². The molecule has 0 unspecified atom stereocenters. The van der Waals surface area contributed by atoms with Crippen LogP contribution in [-0.4, -0.2) is 16.2 Å². The van der Waals surface area contributed by atoms with Crippen molar-refractivity contribution in [3.8, 4) is 11.8 Å². The van der Waals surface area contributed by atoms with Crippen LogP contribution in [0.25, 0.3) is 0 Å². The van der Waals surface area contributed by atoms with Gasteiger partial charge in [0.05, 0.1) is 0 Å². The second-order valence-electron chi connectivity index (χ2n) is 1.78. The molecule has 0 aliphatic rings. The van der Waals surface area contributed by atoms with Crippen LogP contribution in [0.2, 0.25) is 0 Å². The third-order valence-corrected chi connectivity index (χ3v) is 1.51. The van der Waals surface area contributed by atoms with Crippen molar-refractivity contribution < 1.29 is 5.11 Å². The van der Waals surface area contributed by atoms with Crippen LogP contribution in [-0.2, 0) is 0 Å². The molecule has 0 spiro atoms. The zero-order chi connectivity index (χ0) is 7.40. The van der Waals surface area contributed by atoms with E-state index in [0.29, 0.717) is 0 Å². The molecule has 0 aromatic carbocycles. The molecule has 1 aromatic heterocycles. The first-order valence-corrected chi connectivity index (χ1v) is 3.76. The first-order chi connectivity index (χ1) is 4.79. The molecule has 0 aliphatic carbocycles. The summed E-state index contributed by atoms with van der Waals surface area (Å²) in [6.45, 7) is 1.63. The fourth-order valence-corrected chi connectivity index (χ4v) is 0.942. The molecule has 0 fully saturated rings. The van der Waals surface area contributed by atoms with E-state index in [2.05, 4.69) is 16.8 Å². The van der Waals surface area contributed by atoms with Gasteiger partial charge in [0.25, 0.3) is 0 Å². The van der Waals surface area contributed by atoms with Crippen molar-refractivity contribution >= 4 is 11.3 Å². The Hall–Kier alpha value is -0.850. The van der Waals surface area contributed by atoms with Crippen molar-refractivity contribution in [1.29, 1.82) is 0 Å². The Bertz CT molecular complexity index is 242. The second-order valence-corrected chi connectivity index (χ2v) is 2.68. The summed E-state index contributed by atoms with van der Waals surface area (Å²) in [4.78, 5) is 3.92. The second kappa shape index (κ2) is 3.35. The average Bonchev–Trinajstić information content (AvgIpc) is 2.34. The Balaban J connectivity index is 2.66. The van der Waals surface area contributed by atoms with E-state index in [1.165, 1.54) is 11.3 Å². The lowest BCUT2D eigenvalue weighted by Gasteiger charge is -1.84. The Kier molecular flexibility index (Phi) is 2.43. The van der Waals surface area contributed by atoms with Crippen molar-refractivity contribution in [2.24, 2.45) is 0 Å². The Labute approximate surface area is 63.5 Å². The van der Waals surface area contributed by atoms with Gasteiger partial charge in [0.1, 0.15) is 6.10 Å². The zero-order valence-corrected chi connectivity index (χ0v) is 6.35. The van der Waals surface area contributed by atoms with Gasteiger partial charge in [-0.05, 0) is 12.8 Å². The highest BCUT2D eigenvalue weighted by molar-refractivity contribution is 7.10. The summed E-state index contributed by atoms with van der Waals surface area (Å²) >= 11 is 1.47. The van der Waals surface area contributed by atoms with E-state index in [0.717, 1.165) is 5.01 Å². The van der Waals surface area contributed by atoms with Crippen molar-refractivity contribution in [2.45, 2.75) is 13.0 Å². The van der Waals surface area contributed by atoms with Crippen LogP contribution in [0, 0.1) is 11.8 Å². The zero-order valence-electron chi connectivity index (χ0n) is 5.53. The number of aliphatic hydroxyl groups excluding tert-OH is 1. The SMILES string of the molecule is C[C@@H](O)C#Cc1nccs1. The van der Waals surface area contributed by atoms with E-state index in [1.807, 2.05) is 5.38 Å².